The second kappa shape index (κ2) is 8.41. The predicted molar refractivity (Wildman–Crippen MR) is 110 cm³/mol. The SMILES string of the molecule is CCOCCC1CCc2sc3ncnc(OC4CCC(N(C)C)CC4)c3c21. The molecule has 1 atom stereocenters. The third-order valence-corrected chi connectivity index (χ3v) is 7.34. The molecule has 2 aromatic heterocycles. The van der Waals surface area contributed by atoms with Crippen molar-refractivity contribution in [1.29, 1.82) is 0 Å². The van der Waals surface area contributed by atoms with E-state index in [0.717, 1.165) is 49.6 Å². The van der Waals surface area contributed by atoms with E-state index < -0.39 is 0 Å². The number of nitrogens with zero attached hydrogens (tertiary/aromatic N) is 3. The molecular formula is C21H31N3O2S. The molecule has 0 aromatic carbocycles. The van der Waals surface area contributed by atoms with Crippen LogP contribution in [0, 0.1) is 0 Å². The van der Waals surface area contributed by atoms with Crippen LogP contribution in [0.5, 0.6) is 5.88 Å². The second-order valence-corrected chi connectivity index (χ2v) is 9.11. The lowest BCUT2D eigenvalue weighted by Crippen LogP contribution is -2.35. The molecule has 0 spiro atoms. The molecule has 2 aliphatic carbocycles. The number of aromatic nitrogens is 2. The number of thiophene rings is 1. The van der Waals surface area contributed by atoms with E-state index in [-0.39, 0.29) is 6.10 Å². The maximum absolute atomic E-state index is 6.46. The molecule has 0 amide bonds. The number of ether oxygens (including phenoxy) is 2. The first kappa shape index (κ1) is 19.1. The molecule has 4 rings (SSSR count). The third-order valence-electron chi connectivity index (χ3n) is 6.16. The molecule has 0 aliphatic heterocycles. The average Bonchev–Trinajstić information content (AvgIpc) is 3.22. The molecule has 2 heterocycles. The highest BCUT2D eigenvalue weighted by Crippen LogP contribution is 2.47. The summed E-state index contributed by atoms with van der Waals surface area (Å²) in [5, 5.41) is 1.19. The van der Waals surface area contributed by atoms with Gasteiger partial charge in [0.25, 0.3) is 0 Å². The van der Waals surface area contributed by atoms with Crippen LogP contribution < -0.4 is 4.74 Å². The molecule has 2 aliphatic rings. The third kappa shape index (κ3) is 3.98. The zero-order chi connectivity index (χ0) is 18.8. The highest BCUT2D eigenvalue weighted by molar-refractivity contribution is 7.19. The molecular weight excluding hydrogens is 358 g/mol. The van der Waals surface area contributed by atoms with E-state index in [0.29, 0.717) is 12.0 Å². The van der Waals surface area contributed by atoms with Crippen LogP contribution in [0.25, 0.3) is 10.2 Å². The summed E-state index contributed by atoms with van der Waals surface area (Å²) in [6.45, 7) is 3.68. The minimum absolute atomic E-state index is 0.276. The smallest absolute Gasteiger partial charge is 0.225 e. The van der Waals surface area contributed by atoms with Crippen molar-refractivity contribution in [2.75, 3.05) is 27.3 Å². The first-order valence-electron chi connectivity index (χ1n) is 10.3. The van der Waals surface area contributed by atoms with Gasteiger partial charge in [-0.25, -0.2) is 9.97 Å². The van der Waals surface area contributed by atoms with Gasteiger partial charge in [0.15, 0.2) is 0 Å². The summed E-state index contributed by atoms with van der Waals surface area (Å²) in [6.07, 6.45) is 10.0. The van der Waals surface area contributed by atoms with Gasteiger partial charge in [0.05, 0.1) is 5.39 Å². The van der Waals surface area contributed by atoms with E-state index in [2.05, 4.69) is 35.9 Å². The fourth-order valence-corrected chi connectivity index (χ4v) is 5.86. The van der Waals surface area contributed by atoms with Gasteiger partial charge in [0.1, 0.15) is 17.3 Å². The average molecular weight is 390 g/mol. The van der Waals surface area contributed by atoms with E-state index in [1.54, 1.807) is 6.33 Å². The zero-order valence-electron chi connectivity index (χ0n) is 16.7. The largest absolute Gasteiger partial charge is 0.474 e. The Bertz CT molecular complexity index is 768. The van der Waals surface area contributed by atoms with E-state index in [9.17, 15) is 0 Å². The number of hydrogen-bond donors (Lipinski definition) is 0. The Balaban J connectivity index is 1.54. The maximum Gasteiger partial charge on any atom is 0.225 e. The predicted octanol–water partition coefficient (Wildman–Crippen LogP) is 4.40. The van der Waals surface area contributed by atoms with Crippen molar-refractivity contribution in [2.24, 2.45) is 0 Å². The first-order chi connectivity index (χ1) is 13.2. The number of hydrogen-bond acceptors (Lipinski definition) is 6. The Labute approximate surface area is 166 Å². The molecule has 6 heteroatoms. The van der Waals surface area contributed by atoms with Gasteiger partial charge in [-0.05, 0) is 77.4 Å². The summed E-state index contributed by atoms with van der Waals surface area (Å²) in [6, 6.07) is 0.684. The molecule has 5 nitrogen and oxygen atoms in total. The second-order valence-electron chi connectivity index (χ2n) is 8.03. The van der Waals surface area contributed by atoms with E-state index in [4.69, 9.17) is 9.47 Å². The molecule has 27 heavy (non-hydrogen) atoms. The van der Waals surface area contributed by atoms with Crippen LogP contribution in [0.4, 0.5) is 0 Å². The lowest BCUT2D eigenvalue weighted by molar-refractivity contribution is 0.108. The lowest BCUT2D eigenvalue weighted by Gasteiger charge is -2.32. The van der Waals surface area contributed by atoms with Crippen molar-refractivity contribution in [1.82, 2.24) is 14.9 Å². The van der Waals surface area contributed by atoms with Crippen molar-refractivity contribution in [3.8, 4) is 5.88 Å². The summed E-state index contributed by atoms with van der Waals surface area (Å²) in [7, 11) is 4.35. The summed E-state index contributed by atoms with van der Waals surface area (Å²) in [5.74, 6) is 1.37. The Kier molecular flexibility index (Phi) is 5.95. The molecule has 1 saturated carbocycles. The van der Waals surface area contributed by atoms with Crippen molar-refractivity contribution >= 4 is 21.6 Å². The van der Waals surface area contributed by atoms with E-state index in [1.807, 2.05) is 11.3 Å². The monoisotopic (exact) mass is 389 g/mol. The molecule has 1 unspecified atom stereocenters. The van der Waals surface area contributed by atoms with Gasteiger partial charge >= 0.3 is 0 Å². The minimum atomic E-state index is 0.276. The van der Waals surface area contributed by atoms with Gasteiger partial charge in [-0.1, -0.05) is 0 Å². The Morgan fingerprint density at radius 1 is 1.15 bits per heavy atom. The van der Waals surface area contributed by atoms with Crippen LogP contribution in [0.2, 0.25) is 0 Å². The van der Waals surface area contributed by atoms with Gasteiger partial charge in [-0.15, -0.1) is 11.3 Å². The van der Waals surface area contributed by atoms with Crippen LogP contribution in [-0.2, 0) is 11.2 Å². The van der Waals surface area contributed by atoms with Crippen LogP contribution in [-0.4, -0.2) is 54.3 Å². The van der Waals surface area contributed by atoms with Crippen LogP contribution in [0.3, 0.4) is 0 Å². The van der Waals surface area contributed by atoms with Gasteiger partial charge in [-0.3, -0.25) is 0 Å². The van der Waals surface area contributed by atoms with Crippen molar-refractivity contribution < 1.29 is 9.47 Å². The van der Waals surface area contributed by atoms with Crippen LogP contribution >= 0.6 is 11.3 Å². The van der Waals surface area contributed by atoms with Crippen molar-refractivity contribution in [2.45, 2.75) is 69.9 Å². The number of fused-ring (bicyclic) bond motifs is 3. The highest BCUT2D eigenvalue weighted by atomic mass is 32.1. The fourth-order valence-electron chi connectivity index (χ4n) is 4.63. The molecule has 1 fully saturated rings. The lowest BCUT2D eigenvalue weighted by atomic mass is 9.92. The highest BCUT2D eigenvalue weighted by Gasteiger charge is 2.31. The topological polar surface area (TPSA) is 47.5 Å². The van der Waals surface area contributed by atoms with E-state index >= 15 is 0 Å². The number of aryl methyl sites for hydroxylation is 1. The van der Waals surface area contributed by atoms with Gasteiger partial charge in [0, 0.05) is 24.1 Å². The van der Waals surface area contributed by atoms with Crippen LogP contribution in [0.15, 0.2) is 6.33 Å². The Hall–Kier alpha value is -1.24. The van der Waals surface area contributed by atoms with Crippen molar-refractivity contribution in [3.05, 3.63) is 16.8 Å². The quantitative estimate of drug-likeness (QED) is 0.657. The zero-order valence-corrected chi connectivity index (χ0v) is 17.6. The minimum Gasteiger partial charge on any atom is -0.474 e. The summed E-state index contributed by atoms with van der Waals surface area (Å²) in [4.78, 5) is 14.0. The summed E-state index contributed by atoms with van der Waals surface area (Å²) in [5.41, 5.74) is 1.45. The molecule has 0 N–H and O–H groups in total. The molecule has 0 radical (unpaired) electrons. The van der Waals surface area contributed by atoms with Gasteiger partial charge < -0.3 is 14.4 Å². The summed E-state index contributed by atoms with van der Waals surface area (Å²) < 4.78 is 12.1. The molecule has 148 valence electrons. The van der Waals surface area contributed by atoms with Gasteiger partial charge in [-0.2, -0.15) is 0 Å². The molecule has 2 aromatic rings. The summed E-state index contributed by atoms with van der Waals surface area (Å²) >= 11 is 1.83. The fraction of sp³-hybridized carbons (Fsp3) is 0.714. The van der Waals surface area contributed by atoms with E-state index in [1.165, 1.54) is 35.1 Å². The van der Waals surface area contributed by atoms with Gasteiger partial charge in [0.2, 0.25) is 5.88 Å². The Morgan fingerprint density at radius 2 is 1.96 bits per heavy atom. The molecule has 0 saturated heterocycles. The maximum atomic E-state index is 6.46. The van der Waals surface area contributed by atoms with Crippen molar-refractivity contribution in [3.63, 3.8) is 0 Å². The standard InChI is InChI=1S/C21H31N3O2S/c1-4-25-12-11-14-5-10-17-18(14)19-20(22-13-23-21(19)27-17)26-16-8-6-15(7-9-16)24(2)3/h13-16H,4-12H2,1-3H3. The first-order valence-corrected chi connectivity index (χ1v) is 11.2. The molecule has 0 bridgehead atoms. The normalized spacial score (nSPS) is 25.3. The van der Waals surface area contributed by atoms with Crippen LogP contribution in [0.1, 0.15) is 61.8 Å². The Morgan fingerprint density at radius 3 is 2.70 bits per heavy atom. The number of rotatable bonds is 7.